The summed E-state index contributed by atoms with van der Waals surface area (Å²) < 4.78 is 12.5. The third-order valence-corrected chi connectivity index (χ3v) is 3.68. The number of nitrogens with one attached hydrogen (secondary N) is 1. The van der Waals surface area contributed by atoms with Crippen LogP contribution in [0.15, 0.2) is 0 Å². The molecular weight excluding hydrogens is 155 g/mol. The van der Waals surface area contributed by atoms with E-state index in [0.717, 1.165) is 38.5 Å². The average Bonchev–Trinajstić information content (AvgIpc) is 2.21. The van der Waals surface area contributed by atoms with E-state index in [9.17, 15) is 4.48 Å². The number of nitriles is 1. The van der Waals surface area contributed by atoms with Gasteiger partial charge >= 0.3 is 0 Å². The summed E-state index contributed by atoms with van der Waals surface area (Å²) in [6.07, 6.45) is 5.12. The van der Waals surface area contributed by atoms with E-state index in [0.29, 0.717) is 0 Å². The van der Waals surface area contributed by atoms with Crippen molar-refractivity contribution in [2.24, 2.45) is 5.41 Å². The lowest BCUT2D eigenvalue weighted by molar-refractivity contribution is 0.0167. The number of fused-ring (bicyclic) bond motifs is 3. The molecule has 0 aromatic rings. The van der Waals surface area contributed by atoms with Crippen LogP contribution in [0.1, 0.15) is 38.5 Å². The van der Waals surface area contributed by atoms with E-state index in [2.05, 4.69) is 6.07 Å². The van der Waals surface area contributed by atoms with Crippen molar-refractivity contribution in [1.82, 2.24) is 5.54 Å². The van der Waals surface area contributed by atoms with Crippen LogP contribution in [-0.2, 0) is 0 Å². The molecule has 0 saturated heterocycles. The van der Waals surface area contributed by atoms with E-state index in [1.807, 2.05) is 5.54 Å². The molecule has 3 aliphatic carbocycles. The van der Waals surface area contributed by atoms with Crippen LogP contribution in [0.5, 0.6) is 0 Å². The summed E-state index contributed by atoms with van der Waals surface area (Å²) in [4.78, 5) is 0. The second-order valence-electron chi connectivity index (χ2n) is 4.27. The van der Waals surface area contributed by atoms with Crippen LogP contribution in [0.3, 0.4) is 0 Å². The first kappa shape index (κ1) is 8.00. The molecule has 0 aromatic carbocycles. The SMILES string of the molecule is N#CC12CCC(NF)(CC1)CC2. The first-order valence-corrected chi connectivity index (χ1v) is 4.53. The second-order valence-corrected chi connectivity index (χ2v) is 4.27. The minimum Gasteiger partial charge on any atom is -0.198 e. The number of nitrogens with zero attached hydrogens (tertiary/aromatic N) is 1. The maximum atomic E-state index is 12.5. The molecule has 0 aliphatic heterocycles. The Balaban J connectivity index is 2.15. The van der Waals surface area contributed by atoms with E-state index >= 15 is 0 Å². The molecule has 3 saturated carbocycles. The molecule has 2 bridgehead atoms. The van der Waals surface area contributed by atoms with Gasteiger partial charge in [-0.25, -0.2) is 0 Å². The third kappa shape index (κ3) is 0.947. The van der Waals surface area contributed by atoms with Gasteiger partial charge in [-0.15, -0.1) is 4.48 Å². The largest absolute Gasteiger partial charge is 0.198 e. The number of halogens is 1. The summed E-state index contributed by atoms with van der Waals surface area (Å²) in [5.41, 5.74) is 1.57. The van der Waals surface area contributed by atoms with Crippen LogP contribution in [0, 0.1) is 16.7 Å². The highest BCUT2D eigenvalue weighted by molar-refractivity contribution is 5.11. The fraction of sp³-hybridized carbons (Fsp3) is 0.889. The maximum Gasteiger partial charge on any atom is 0.0689 e. The van der Waals surface area contributed by atoms with E-state index in [4.69, 9.17) is 5.26 Å². The Bertz CT molecular complexity index is 207. The standard InChI is InChI=1S/C9H13FN2/c10-12-9-4-1-8(7-11,2-5-9)3-6-9/h12H,1-6H2. The Morgan fingerprint density at radius 2 is 1.58 bits per heavy atom. The normalized spacial score (nSPS) is 45.7. The van der Waals surface area contributed by atoms with Gasteiger partial charge < -0.3 is 0 Å². The summed E-state index contributed by atoms with van der Waals surface area (Å²) in [7, 11) is 0. The van der Waals surface area contributed by atoms with Gasteiger partial charge in [0, 0.05) is 5.54 Å². The van der Waals surface area contributed by atoms with Gasteiger partial charge in [0.25, 0.3) is 0 Å². The van der Waals surface area contributed by atoms with Gasteiger partial charge in [-0.05, 0) is 38.5 Å². The second kappa shape index (κ2) is 2.43. The smallest absolute Gasteiger partial charge is 0.0689 e. The van der Waals surface area contributed by atoms with Crippen molar-refractivity contribution in [3.63, 3.8) is 0 Å². The first-order chi connectivity index (χ1) is 5.74. The number of rotatable bonds is 1. The van der Waals surface area contributed by atoms with Gasteiger partial charge in [0.1, 0.15) is 0 Å². The highest BCUT2D eigenvalue weighted by Gasteiger charge is 2.49. The molecule has 2 nitrogen and oxygen atoms in total. The molecule has 3 rings (SSSR count). The molecule has 3 aliphatic rings. The molecular formula is C9H13FN2. The zero-order valence-corrected chi connectivity index (χ0v) is 7.07. The van der Waals surface area contributed by atoms with Crippen LogP contribution in [0.25, 0.3) is 0 Å². The van der Waals surface area contributed by atoms with Crippen molar-refractivity contribution in [2.75, 3.05) is 0 Å². The van der Waals surface area contributed by atoms with E-state index < -0.39 is 0 Å². The predicted octanol–water partition coefficient (Wildman–Crippen LogP) is 2.08. The molecule has 3 fully saturated rings. The zero-order chi connectivity index (χ0) is 8.66. The van der Waals surface area contributed by atoms with Crippen LogP contribution in [-0.4, -0.2) is 5.54 Å². The van der Waals surface area contributed by atoms with Crippen molar-refractivity contribution in [3.8, 4) is 6.07 Å². The highest BCUT2D eigenvalue weighted by atomic mass is 19.2. The molecule has 66 valence electrons. The van der Waals surface area contributed by atoms with Gasteiger partial charge in [0.2, 0.25) is 0 Å². The van der Waals surface area contributed by atoms with Crippen molar-refractivity contribution in [2.45, 2.75) is 44.1 Å². The van der Waals surface area contributed by atoms with E-state index in [1.165, 1.54) is 0 Å². The quantitative estimate of drug-likeness (QED) is 0.608. The zero-order valence-electron chi connectivity index (χ0n) is 7.07. The number of hydrogen-bond donors (Lipinski definition) is 1. The fourth-order valence-electron chi connectivity index (χ4n) is 2.50. The third-order valence-electron chi connectivity index (χ3n) is 3.68. The Morgan fingerprint density at radius 3 is 1.92 bits per heavy atom. The summed E-state index contributed by atoms with van der Waals surface area (Å²) in [5, 5.41) is 8.96. The summed E-state index contributed by atoms with van der Waals surface area (Å²) >= 11 is 0. The number of hydrogen-bond acceptors (Lipinski definition) is 2. The van der Waals surface area contributed by atoms with Gasteiger partial charge in [0.05, 0.1) is 11.5 Å². The van der Waals surface area contributed by atoms with Gasteiger partial charge in [0.15, 0.2) is 0 Å². The molecule has 0 unspecified atom stereocenters. The van der Waals surface area contributed by atoms with Gasteiger partial charge in [-0.1, -0.05) is 0 Å². The van der Waals surface area contributed by atoms with Crippen LogP contribution < -0.4 is 5.54 Å². The predicted molar refractivity (Wildman–Crippen MR) is 42.7 cm³/mol. The molecule has 0 heterocycles. The Kier molecular flexibility index (Phi) is 1.62. The van der Waals surface area contributed by atoms with Gasteiger partial charge in [-0.2, -0.15) is 10.8 Å². The lowest BCUT2D eigenvalue weighted by Gasteiger charge is -2.48. The lowest BCUT2D eigenvalue weighted by atomic mass is 9.58. The Hall–Kier alpha value is -0.620. The summed E-state index contributed by atoms with van der Waals surface area (Å²) in [6.45, 7) is 0. The topological polar surface area (TPSA) is 35.8 Å². The van der Waals surface area contributed by atoms with Crippen molar-refractivity contribution in [3.05, 3.63) is 0 Å². The fourth-order valence-corrected chi connectivity index (χ4v) is 2.50. The van der Waals surface area contributed by atoms with Crippen LogP contribution >= 0.6 is 0 Å². The van der Waals surface area contributed by atoms with Crippen molar-refractivity contribution >= 4 is 0 Å². The Morgan fingerprint density at radius 1 is 1.08 bits per heavy atom. The molecule has 12 heavy (non-hydrogen) atoms. The molecule has 0 spiro atoms. The molecule has 0 atom stereocenters. The van der Waals surface area contributed by atoms with E-state index in [1.54, 1.807) is 0 Å². The molecule has 3 heteroatoms. The monoisotopic (exact) mass is 168 g/mol. The van der Waals surface area contributed by atoms with Crippen LogP contribution in [0.4, 0.5) is 4.48 Å². The molecule has 0 radical (unpaired) electrons. The summed E-state index contributed by atoms with van der Waals surface area (Å²) in [6, 6.07) is 2.40. The molecule has 1 N–H and O–H groups in total. The highest BCUT2D eigenvalue weighted by Crippen LogP contribution is 2.51. The first-order valence-electron chi connectivity index (χ1n) is 4.53. The summed E-state index contributed by atoms with van der Waals surface area (Å²) in [5.74, 6) is 0. The lowest BCUT2D eigenvalue weighted by Crippen LogP contribution is -2.51. The van der Waals surface area contributed by atoms with Crippen molar-refractivity contribution < 1.29 is 4.48 Å². The minimum absolute atomic E-state index is 0.0986. The maximum absolute atomic E-state index is 12.5. The molecule has 0 aromatic heterocycles. The van der Waals surface area contributed by atoms with Crippen LogP contribution in [0.2, 0.25) is 0 Å². The molecule has 0 amide bonds. The average molecular weight is 168 g/mol. The van der Waals surface area contributed by atoms with Crippen molar-refractivity contribution in [1.29, 1.82) is 5.26 Å². The Labute approximate surface area is 71.7 Å². The van der Waals surface area contributed by atoms with Gasteiger partial charge in [-0.3, -0.25) is 0 Å². The minimum atomic E-state index is -0.265. The van der Waals surface area contributed by atoms with E-state index in [-0.39, 0.29) is 11.0 Å².